The quantitative estimate of drug-likeness (QED) is 0.474. The van der Waals surface area contributed by atoms with Crippen LogP contribution in [0.4, 0.5) is 0 Å². The van der Waals surface area contributed by atoms with E-state index < -0.39 is 0 Å². The first-order valence-electron chi connectivity index (χ1n) is 6.07. The van der Waals surface area contributed by atoms with E-state index in [1.54, 1.807) is 7.11 Å². The van der Waals surface area contributed by atoms with Gasteiger partial charge in [-0.05, 0) is 46.9 Å². The van der Waals surface area contributed by atoms with E-state index in [2.05, 4.69) is 33.2 Å². The zero-order valence-electron chi connectivity index (χ0n) is 11.4. The van der Waals surface area contributed by atoms with Crippen LogP contribution in [0.2, 0.25) is 0 Å². The number of carbonyl (C=O) groups excluding carboxylic acids is 1. The van der Waals surface area contributed by atoms with E-state index in [0.717, 1.165) is 16.7 Å². The number of carbonyl (C=O) groups is 1. The van der Waals surface area contributed by atoms with Crippen LogP contribution in [-0.2, 0) is 9.53 Å². The van der Waals surface area contributed by atoms with Gasteiger partial charge in [0.1, 0.15) is 5.75 Å². The predicted molar refractivity (Wildman–Crippen MR) is 89.7 cm³/mol. The molecule has 5 nitrogen and oxygen atoms in total. The van der Waals surface area contributed by atoms with E-state index in [1.807, 2.05) is 24.3 Å². The SMILES string of the molecule is COCCNCCNC(=O)COc1ccc(I)cc1.Cl. The summed E-state index contributed by atoms with van der Waals surface area (Å²) in [6, 6.07) is 7.57. The third-order valence-electron chi connectivity index (χ3n) is 2.29. The van der Waals surface area contributed by atoms with Crippen molar-refractivity contribution in [1.82, 2.24) is 10.6 Å². The number of ether oxygens (including phenoxy) is 2. The van der Waals surface area contributed by atoms with Crippen molar-refractivity contribution in [2.45, 2.75) is 0 Å². The summed E-state index contributed by atoms with van der Waals surface area (Å²) in [6.45, 7) is 2.80. The van der Waals surface area contributed by atoms with Crippen molar-refractivity contribution in [3.8, 4) is 5.75 Å². The molecule has 0 spiro atoms. The van der Waals surface area contributed by atoms with Gasteiger partial charge in [-0.2, -0.15) is 0 Å². The van der Waals surface area contributed by atoms with E-state index >= 15 is 0 Å². The standard InChI is InChI=1S/C13H19IN2O3.ClH/c1-18-9-8-15-6-7-16-13(17)10-19-12-4-2-11(14)3-5-12;/h2-5,15H,6-10H2,1H3,(H,16,17);1H. The van der Waals surface area contributed by atoms with Crippen molar-refractivity contribution in [1.29, 1.82) is 0 Å². The van der Waals surface area contributed by atoms with Gasteiger partial charge in [0.15, 0.2) is 6.61 Å². The van der Waals surface area contributed by atoms with Gasteiger partial charge in [0.2, 0.25) is 0 Å². The van der Waals surface area contributed by atoms with Gasteiger partial charge in [0, 0.05) is 30.3 Å². The number of rotatable bonds is 9. The van der Waals surface area contributed by atoms with E-state index in [4.69, 9.17) is 9.47 Å². The smallest absolute Gasteiger partial charge is 0.257 e. The Bertz CT molecular complexity index is 376. The van der Waals surface area contributed by atoms with Crippen molar-refractivity contribution in [2.75, 3.05) is 40.0 Å². The average Bonchev–Trinajstić information content (AvgIpc) is 2.42. The summed E-state index contributed by atoms with van der Waals surface area (Å²) >= 11 is 2.22. The van der Waals surface area contributed by atoms with Crippen LogP contribution in [0, 0.1) is 3.57 Å². The van der Waals surface area contributed by atoms with Crippen molar-refractivity contribution >= 4 is 40.9 Å². The Morgan fingerprint density at radius 3 is 2.55 bits per heavy atom. The van der Waals surface area contributed by atoms with Crippen LogP contribution in [0.25, 0.3) is 0 Å². The minimum absolute atomic E-state index is 0. The Balaban J connectivity index is 0.00000361. The lowest BCUT2D eigenvalue weighted by molar-refractivity contribution is -0.123. The Morgan fingerprint density at radius 2 is 1.90 bits per heavy atom. The van der Waals surface area contributed by atoms with Crippen LogP contribution in [0.1, 0.15) is 0 Å². The summed E-state index contributed by atoms with van der Waals surface area (Å²) in [5, 5.41) is 5.91. The van der Waals surface area contributed by atoms with Crippen LogP contribution in [0.15, 0.2) is 24.3 Å². The summed E-state index contributed by atoms with van der Waals surface area (Å²) in [4.78, 5) is 11.5. The molecule has 0 aliphatic carbocycles. The maximum absolute atomic E-state index is 11.5. The number of nitrogens with one attached hydrogen (secondary N) is 2. The fourth-order valence-corrected chi connectivity index (χ4v) is 1.68. The van der Waals surface area contributed by atoms with Gasteiger partial charge >= 0.3 is 0 Å². The molecule has 0 fully saturated rings. The summed E-state index contributed by atoms with van der Waals surface area (Å²) in [5.41, 5.74) is 0. The lowest BCUT2D eigenvalue weighted by Crippen LogP contribution is -2.35. The number of hydrogen-bond acceptors (Lipinski definition) is 4. The molecule has 1 rings (SSSR count). The number of halogens is 2. The Morgan fingerprint density at radius 1 is 1.20 bits per heavy atom. The van der Waals surface area contributed by atoms with Gasteiger partial charge in [0.25, 0.3) is 5.91 Å². The molecule has 1 aromatic rings. The van der Waals surface area contributed by atoms with Crippen LogP contribution in [0.5, 0.6) is 5.75 Å². The minimum Gasteiger partial charge on any atom is -0.484 e. The Labute approximate surface area is 139 Å². The summed E-state index contributed by atoms with van der Waals surface area (Å²) in [5.74, 6) is 0.584. The van der Waals surface area contributed by atoms with Gasteiger partial charge in [-0.3, -0.25) is 4.79 Å². The molecule has 0 aliphatic rings. The van der Waals surface area contributed by atoms with E-state index in [9.17, 15) is 4.79 Å². The average molecular weight is 415 g/mol. The highest BCUT2D eigenvalue weighted by atomic mass is 127. The first kappa shape index (κ1) is 19.4. The lowest BCUT2D eigenvalue weighted by Gasteiger charge is -2.08. The van der Waals surface area contributed by atoms with Crippen LogP contribution in [0.3, 0.4) is 0 Å². The van der Waals surface area contributed by atoms with Gasteiger partial charge in [-0.15, -0.1) is 12.4 Å². The maximum atomic E-state index is 11.5. The van der Waals surface area contributed by atoms with Gasteiger partial charge < -0.3 is 20.1 Å². The lowest BCUT2D eigenvalue weighted by atomic mass is 10.3. The summed E-state index contributed by atoms with van der Waals surface area (Å²) in [6.07, 6.45) is 0. The fraction of sp³-hybridized carbons (Fsp3) is 0.462. The van der Waals surface area contributed by atoms with Crippen molar-refractivity contribution < 1.29 is 14.3 Å². The summed E-state index contributed by atoms with van der Waals surface area (Å²) in [7, 11) is 1.66. The zero-order chi connectivity index (χ0) is 13.9. The first-order chi connectivity index (χ1) is 9.22. The molecule has 7 heteroatoms. The molecular formula is C13H20ClIN2O3. The van der Waals surface area contributed by atoms with Crippen molar-refractivity contribution in [2.24, 2.45) is 0 Å². The zero-order valence-corrected chi connectivity index (χ0v) is 14.3. The monoisotopic (exact) mass is 414 g/mol. The third-order valence-corrected chi connectivity index (χ3v) is 3.01. The molecule has 114 valence electrons. The van der Waals surface area contributed by atoms with E-state index in [0.29, 0.717) is 18.9 Å². The van der Waals surface area contributed by atoms with Gasteiger partial charge in [-0.1, -0.05) is 0 Å². The number of benzene rings is 1. The fourth-order valence-electron chi connectivity index (χ4n) is 1.32. The molecule has 0 radical (unpaired) electrons. The Hall–Kier alpha value is -0.570. The van der Waals surface area contributed by atoms with Crippen LogP contribution < -0.4 is 15.4 Å². The summed E-state index contributed by atoms with van der Waals surface area (Å²) < 4.78 is 11.4. The van der Waals surface area contributed by atoms with Crippen LogP contribution in [-0.4, -0.2) is 45.9 Å². The van der Waals surface area contributed by atoms with Gasteiger partial charge in [0.05, 0.1) is 6.61 Å². The minimum atomic E-state index is -0.118. The molecule has 0 saturated carbocycles. The Kier molecular flexibility index (Phi) is 11.8. The van der Waals surface area contributed by atoms with E-state index in [1.165, 1.54) is 0 Å². The first-order valence-corrected chi connectivity index (χ1v) is 7.15. The molecule has 0 unspecified atom stereocenters. The molecule has 0 bridgehead atoms. The topological polar surface area (TPSA) is 59.6 Å². The molecule has 0 aliphatic heterocycles. The second-order valence-electron chi connectivity index (χ2n) is 3.84. The largest absolute Gasteiger partial charge is 0.484 e. The molecule has 2 N–H and O–H groups in total. The highest BCUT2D eigenvalue weighted by Crippen LogP contribution is 2.12. The number of hydrogen-bond donors (Lipinski definition) is 2. The van der Waals surface area contributed by atoms with Crippen LogP contribution >= 0.6 is 35.0 Å². The normalized spacial score (nSPS) is 9.70. The highest BCUT2D eigenvalue weighted by molar-refractivity contribution is 14.1. The molecule has 20 heavy (non-hydrogen) atoms. The molecule has 1 amide bonds. The second kappa shape index (κ2) is 12.2. The van der Waals surface area contributed by atoms with Crippen molar-refractivity contribution in [3.05, 3.63) is 27.8 Å². The number of amides is 1. The number of methoxy groups -OCH3 is 1. The molecule has 0 atom stereocenters. The molecule has 0 aromatic heterocycles. The molecule has 0 heterocycles. The predicted octanol–water partition coefficient (Wildman–Crippen LogP) is 1.44. The maximum Gasteiger partial charge on any atom is 0.257 e. The third kappa shape index (κ3) is 9.35. The molecule has 1 aromatic carbocycles. The van der Waals surface area contributed by atoms with Crippen molar-refractivity contribution in [3.63, 3.8) is 0 Å². The van der Waals surface area contributed by atoms with Gasteiger partial charge in [-0.25, -0.2) is 0 Å². The molecule has 0 saturated heterocycles. The van der Waals surface area contributed by atoms with E-state index in [-0.39, 0.29) is 24.9 Å². The highest BCUT2D eigenvalue weighted by Gasteiger charge is 2.01. The second-order valence-corrected chi connectivity index (χ2v) is 5.08. The molecular weight excluding hydrogens is 395 g/mol.